The number of nitrogens with one attached hydrogen (secondary N) is 1. The summed E-state index contributed by atoms with van der Waals surface area (Å²) < 4.78 is 3.19. The zero-order chi connectivity index (χ0) is 21.9. The van der Waals surface area contributed by atoms with Gasteiger partial charge in [-0.25, -0.2) is 9.78 Å². The van der Waals surface area contributed by atoms with Crippen molar-refractivity contribution in [3.05, 3.63) is 63.3 Å². The van der Waals surface area contributed by atoms with Crippen LogP contribution in [0.3, 0.4) is 0 Å². The Morgan fingerprint density at radius 2 is 1.77 bits per heavy atom. The normalized spacial score (nSPS) is 17.0. The van der Waals surface area contributed by atoms with Crippen molar-refractivity contribution < 1.29 is 4.79 Å². The van der Waals surface area contributed by atoms with Crippen LogP contribution in [0.2, 0.25) is 0 Å². The molecule has 160 valence electrons. The molecule has 1 aliphatic rings. The summed E-state index contributed by atoms with van der Waals surface area (Å²) in [6.07, 6.45) is 2.93. The summed E-state index contributed by atoms with van der Waals surface area (Å²) in [5.74, 6) is 0.831. The lowest BCUT2D eigenvalue weighted by molar-refractivity contribution is 0.0601. The van der Waals surface area contributed by atoms with Crippen LogP contribution in [0.25, 0.3) is 22.1 Å². The Balaban J connectivity index is 1.53. The number of likely N-dealkylation sites (tertiary alicyclic amines) is 1. The Hall–Kier alpha value is -3.35. The summed E-state index contributed by atoms with van der Waals surface area (Å²) in [7, 11) is 3.48. The molecule has 0 spiro atoms. The van der Waals surface area contributed by atoms with Crippen molar-refractivity contribution in [3.63, 3.8) is 0 Å². The molecule has 31 heavy (non-hydrogen) atoms. The quantitative estimate of drug-likeness (QED) is 0.540. The number of amides is 1. The number of aryl methyl sites for hydroxylation is 4. The Kier molecular flexibility index (Phi) is 4.50. The summed E-state index contributed by atoms with van der Waals surface area (Å²) >= 11 is 0. The minimum atomic E-state index is -0.0942. The lowest BCUT2D eigenvalue weighted by atomic mass is 10.00. The first-order chi connectivity index (χ1) is 14.8. The molecule has 1 amide bonds. The van der Waals surface area contributed by atoms with Gasteiger partial charge >= 0.3 is 5.69 Å². The first-order valence-electron chi connectivity index (χ1n) is 10.8. The number of benzene rings is 2. The van der Waals surface area contributed by atoms with Crippen molar-refractivity contribution in [3.8, 4) is 0 Å². The van der Waals surface area contributed by atoms with Crippen molar-refractivity contribution in [1.82, 2.24) is 24.0 Å². The lowest BCUT2D eigenvalue weighted by Gasteiger charge is -2.34. The predicted octanol–water partition coefficient (Wildman–Crippen LogP) is 3.74. The number of imidazole rings is 2. The summed E-state index contributed by atoms with van der Waals surface area (Å²) in [5.41, 5.74) is 6.48. The second-order valence-corrected chi connectivity index (χ2v) is 8.69. The molecular formula is C24H27N5O2. The van der Waals surface area contributed by atoms with Gasteiger partial charge < -0.3 is 9.88 Å². The van der Waals surface area contributed by atoms with Crippen LogP contribution >= 0.6 is 0 Å². The number of hydrogen-bond donors (Lipinski definition) is 1. The van der Waals surface area contributed by atoms with Crippen molar-refractivity contribution in [2.24, 2.45) is 14.1 Å². The van der Waals surface area contributed by atoms with Crippen LogP contribution in [0.15, 0.2) is 35.1 Å². The number of carbonyl (C=O) groups is 1. The smallest absolute Gasteiger partial charge is 0.328 e. The number of fused-ring (bicyclic) bond motifs is 2. The number of aromatic nitrogens is 4. The molecule has 1 saturated heterocycles. The van der Waals surface area contributed by atoms with Gasteiger partial charge in [-0.15, -0.1) is 0 Å². The highest BCUT2D eigenvalue weighted by molar-refractivity contribution is 5.97. The van der Waals surface area contributed by atoms with E-state index in [1.807, 2.05) is 23.1 Å². The third-order valence-corrected chi connectivity index (χ3v) is 6.71. The number of carbonyl (C=O) groups excluding carboxylic acids is 1. The summed E-state index contributed by atoms with van der Waals surface area (Å²) in [4.78, 5) is 36.0. The van der Waals surface area contributed by atoms with Crippen molar-refractivity contribution >= 4 is 28.0 Å². The van der Waals surface area contributed by atoms with Crippen LogP contribution in [0, 0.1) is 13.8 Å². The summed E-state index contributed by atoms with van der Waals surface area (Å²) in [6.45, 7) is 4.88. The molecule has 4 aromatic rings. The van der Waals surface area contributed by atoms with Gasteiger partial charge in [-0.2, -0.15) is 0 Å². The van der Waals surface area contributed by atoms with Crippen molar-refractivity contribution in [1.29, 1.82) is 0 Å². The zero-order valence-electron chi connectivity index (χ0n) is 18.4. The first kappa shape index (κ1) is 19.6. The fourth-order valence-electron chi connectivity index (χ4n) is 4.71. The van der Waals surface area contributed by atoms with Gasteiger partial charge in [0.2, 0.25) is 0 Å². The van der Waals surface area contributed by atoms with Crippen LogP contribution in [0.1, 0.15) is 52.6 Å². The van der Waals surface area contributed by atoms with E-state index in [9.17, 15) is 9.59 Å². The molecule has 2 aromatic carbocycles. The van der Waals surface area contributed by atoms with Crippen LogP contribution in [-0.4, -0.2) is 36.5 Å². The van der Waals surface area contributed by atoms with Crippen LogP contribution in [0.4, 0.5) is 0 Å². The minimum absolute atomic E-state index is 0.0179. The van der Waals surface area contributed by atoms with E-state index in [-0.39, 0.29) is 17.6 Å². The highest BCUT2D eigenvalue weighted by Crippen LogP contribution is 2.32. The summed E-state index contributed by atoms with van der Waals surface area (Å²) in [6, 6.07) is 9.65. The maximum atomic E-state index is 13.5. The molecule has 0 aliphatic carbocycles. The zero-order valence-corrected chi connectivity index (χ0v) is 18.4. The molecule has 1 aliphatic heterocycles. The van der Waals surface area contributed by atoms with Gasteiger partial charge in [0.25, 0.3) is 5.91 Å². The van der Waals surface area contributed by atoms with Crippen molar-refractivity contribution in [2.45, 2.75) is 39.2 Å². The molecular weight excluding hydrogens is 390 g/mol. The van der Waals surface area contributed by atoms with E-state index in [4.69, 9.17) is 4.98 Å². The number of hydrogen-bond acceptors (Lipinski definition) is 3. The van der Waals surface area contributed by atoms with E-state index < -0.39 is 0 Å². The third-order valence-electron chi connectivity index (χ3n) is 6.71. The average molecular weight is 418 g/mol. The Labute approximate surface area is 180 Å². The molecule has 0 saturated carbocycles. The fourth-order valence-corrected chi connectivity index (χ4v) is 4.71. The van der Waals surface area contributed by atoms with Gasteiger partial charge in [-0.05, 0) is 74.6 Å². The fraction of sp³-hybridized carbons (Fsp3) is 0.375. The Morgan fingerprint density at radius 3 is 2.58 bits per heavy atom. The number of aromatic amines is 1. The lowest BCUT2D eigenvalue weighted by Crippen LogP contribution is -2.39. The van der Waals surface area contributed by atoms with E-state index in [2.05, 4.69) is 31.0 Å². The molecule has 1 atom stereocenters. The minimum Gasteiger partial charge on any atom is -0.340 e. The van der Waals surface area contributed by atoms with Crippen LogP contribution in [0.5, 0.6) is 0 Å². The van der Waals surface area contributed by atoms with E-state index >= 15 is 0 Å². The van der Waals surface area contributed by atoms with Crippen LogP contribution < -0.4 is 5.69 Å². The number of nitrogens with zero attached hydrogens (tertiary/aromatic N) is 4. The molecule has 3 heterocycles. The van der Waals surface area contributed by atoms with E-state index in [0.29, 0.717) is 12.1 Å². The highest BCUT2D eigenvalue weighted by Gasteiger charge is 2.31. The molecule has 2 aromatic heterocycles. The van der Waals surface area contributed by atoms with E-state index in [1.54, 1.807) is 23.2 Å². The van der Waals surface area contributed by atoms with E-state index in [0.717, 1.165) is 47.2 Å². The molecule has 1 N–H and O–H groups in total. The highest BCUT2D eigenvalue weighted by atomic mass is 16.2. The number of H-pyrrole nitrogens is 1. The number of piperidine rings is 1. The molecule has 0 radical (unpaired) electrons. The monoisotopic (exact) mass is 417 g/mol. The Morgan fingerprint density at radius 1 is 1.03 bits per heavy atom. The van der Waals surface area contributed by atoms with Gasteiger partial charge in [0.1, 0.15) is 5.82 Å². The van der Waals surface area contributed by atoms with Gasteiger partial charge in [0.05, 0.1) is 28.1 Å². The second-order valence-electron chi connectivity index (χ2n) is 8.69. The average Bonchev–Trinajstić information content (AvgIpc) is 3.27. The molecule has 0 bridgehead atoms. The first-order valence-corrected chi connectivity index (χ1v) is 10.8. The standard InChI is InChI=1S/C24H27N5O2/c1-14-11-17-18(12-15(14)2)26-22(25-17)20-7-5-6-10-29(20)23(30)16-8-9-19-21(13-16)28(4)24(31)27(19)3/h8-9,11-13,20H,5-7,10H2,1-4H3,(H,25,26)/t20-/m1/s1. The molecule has 5 rings (SSSR count). The number of rotatable bonds is 2. The predicted molar refractivity (Wildman–Crippen MR) is 121 cm³/mol. The SMILES string of the molecule is Cc1cc2nc([C@H]3CCCCN3C(=O)c3ccc4c(c3)n(C)c(=O)n4C)[nH]c2cc1C. The molecule has 1 fully saturated rings. The van der Waals surface area contributed by atoms with E-state index in [1.165, 1.54) is 11.1 Å². The van der Waals surface area contributed by atoms with Gasteiger partial charge in [-0.1, -0.05) is 0 Å². The van der Waals surface area contributed by atoms with Gasteiger partial charge in [-0.3, -0.25) is 13.9 Å². The molecule has 0 unspecified atom stereocenters. The van der Waals surface area contributed by atoms with Crippen LogP contribution in [-0.2, 0) is 14.1 Å². The third kappa shape index (κ3) is 3.07. The van der Waals surface area contributed by atoms with Crippen molar-refractivity contribution in [2.75, 3.05) is 6.54 Å². The Bertz CT molecular complexity index is 1350. The van der Waals surface area contributed by atoms with Gasteiger partial charge in [0, 0.05) is 26.2 Å². The summed E-state index contributed by atoms with van der Waals surface area (Å²) in [5, 5.41) is 0. The topological polar surface area (TPSA) is 75.9 Å². The maximum Gasteiger partial charge on any atom is 0.328 e. The second kappa shape index (κ2) is 7.11. The molecule has 7 heteroatoms. The molecule has 7 nitrogen and oxygen atoms in total. The largest absolute Gasteiger partial charge is 0.340 e. The maximum absolute atomic E-state index is 13.5. The van der Waals surface area contributed by atoms with Gasteiger partial charge in [0.15, 0.2) is 0 Å².